The van der Waals surface area contributed by atoms with E-state index in [4.69, 9.17) is 0 Å². The summed E-state index contributed by atoms with van der Waals surface area (Å²) in [6.07, 6.45) is -0.462. The van der Waals surface area contributed by atoms with E-state index in [9.17, 15) is 14.7 Å². The van der Waals surface area contributed by atoms with Gasteiger partial charge in [0.2, 0.25) is 11.8 Å². The van der Waals surface area contributed by atoms with Gasteiger partial charge in [0.1, 0.15) is 6.10 Å². The normalized spacial score (nSPS) is 22.2. The number of carbonyl (C=O) groups is 2. The summed E-state index contributed by atoms with van der Waals surface area (Å²) in [5.74, 6) is -0.411. The van der Waals surface area contributed by atoms with E-state index in [1.165, 1.54) is 18.4 Å². The van der Waals surface area contributed by atoms with Crippen LogP contribution in [0.15, 0.2) is 17.5 Å². The Morgan fingerprint density at radius 3 is 2.94 bits per heavy atom. The molecule has 0 bridgehead atoms. The molecule has 0 saturated carbocycles. The molecule has 2 N–H and O–H groups in total. The van der Waals surface area contributed by atoms with Gasteiger partial charge in [0.15, 0.2) is 0 Å². The molecule has 0 aromatic carbocycles. The lowest BCUT2D eigenvalue weighted by Gasteiger charge is -2.14. The number of likely N-dealkylation sites (tertiary alicyclic amines) is 1. The van der Waals surface area contributed by atoms with Crippen LogP contribution in [0.1, 0.15) is 17.4 Å². The predicted molar refractivity (Wildman–Crippen MR) is 63.5 cm³/mol. The van der Waals surface area contributed by atoms with Crippen molar-refractivity contribution in [3.8, 4) is 0 Å². The fraction of sp³-hybridized carbons (Fsp3) is 0.455. The molecule has 2 atom stereocenters. The lowest BCUT2D eigenvalue weighted by molar-refractivity contribution is -0.137. The van der Waals surface area contributed by atoms with Gasteiger partial charge in [0, 0.05) is 18.5 Å². The highest BCUT2D eigenvalue weighted by Gasteiger charge is 2.35. The second-order valence-electron chi connectivity index (χ2n) is 3.99. The Morgan fingerprint density at radius 2 is 2.41 bits per heavy atom. The highest BCUT2D eigenvalue weighted by atomic mass is 32.1. The molecule has 1 aliphatic heterocycles. The number of aliphatic hydroxyl groups excluding tert-OH is 1. The summed E-state index contributed by atoms with van der Waals surface area (Å²) in [7, 11) is 1.47. The Hall–Kier alpha value is -1.24. The van der Waals surface area contributed by atoms with E-state index in [1.807, 2.05) is 17.5 Å². The number of carbonyl (C=O) groups excluding carboxylic acids is 2. The minimum atomic E-state index is -0.635. The molecule has 17 heavy (non-hydrogen) atoms. The van der Waals surface area contributed by atoms with Crippen molar-refractivity contribution in [3.05, 3.63) is 22.4 Å². The second-order valence-corrected chi connectivity index (χ2v) is 4.97. The highest BCUT2D eigenvalue weighted by Crippen LogP contribution is 2.18. The summed E-state index contributed by atoms with van der Waals surface area (Å²) in [4.78, 5) is 24.8. The Labute approximate surface area is 103 Å². The SMILES string of the molecule is CN1C(=O)CC(NCC(O)c2cccs2)C1=O. The standard InChI is InChI=1S/C11H14N2O3S/c1-13-10(15)5-7(11(13)16)12-6-8(14)9-3-2-4-17-9/h2-4,7-8,12,14H,5-6H2,1H3. The van der Waals surface area contributed by atoms with Crippen LogP contribution in [0.2, 0.25) is 0 Å². The maximum Gasteiger partial charge on any atom is 0.246 e. The number of nitrogens with zero attached hydrogens (tertiary/aromatic N) is 1. The van der Waals surface area contributed by atoms with Crippen molar-refractivity contribution in [3.63, 3.8) is 0 Å². The van der Waals surface area contributed by atoms with Gasteiger partial charge in [-0.1, -0.05) is 6.07 Å². The largest absolute Gasteiger partial charge is 0.386 e. The van der Waals surface area contributed by atoms with E-state index in [2.05, 4.69) is 5.32 Å². The molecule has 0 aliphatic carbocycles. The molecular weight excluding hydrogens is 240 g/mol. The summed E-state index contributed by atoms with van der Waals surface area (Å²) in [6, 6.07) is 3.20. The topological polar surface area (TPSA) is 69.6 Å². The number of nitrogens with one attached hydrogen (secondary N) is 1. The zero-order chi connectivity index (χ0) is 12.4. The van der Waals surface area contributed by atoms with Gasteiger partial charge in [0.25, 0.3) is 0 Å². The van der Waals surface area contributed by atoms with Crippen LogP contribution in [-0.4, -0.2) is 41.5 Å². The third-order valence-electron chi connectivity index (χ3n) is 2.81. The molecule has 0 spiro atoms. The van der Waals surface area contributed by atoms with E-state index in [0.717, 1.165) is 9.78 Å². The lowest BCUT2D eigenvalue weighted by Crippen LogP contribution is -2.39. The van der Waals surface area contributed by atoms with Crippen LogP contribution in [0.4, 0.5) is 0 Å². The van der Waals surface area contributed by atoms with Crippen molar-refractivity contribution in [2.45, 2.75) is 18.6 Å². The molecule has 1 aliphatic rings. The van der Waals surface area contributed by atoms with Crippen molar-refractivity contribution in [2.75, 3.05) is 13.6 Å². The van der Waals surface area contributed by atoms with Crippen molar-refractivity contribution in [1.29, 1.82) is 0 Å². The number of amides is 2. The lowest BCUT2D eigenvalue weighted by atomic mass is 10.2. The van der Waals surface area contributed by atoms with Gasteiger partial charge in [-0.25, -0.2) is 0 Å². The summed E-state index contributed by atoms with van der Waals surface area (Å²) in [6.45, 7) is 0.276. The zero-order valence-electron chi connectivity index (χ0n) is 9.42. The molecule has 92 valence electrons. The Bertz CT molecular complexity index is 418. The van der Waals surface area contributed by atoms with Crippen molar-refractivity contribution < 1.29 is 14.7 Å². The number of likely N-dealkylation sites (N-methyl/N-ethyl adjacent to an activating group) is 1. The quantitative estimate of drug-likeness (QED) is 0.749. The first-order valence-corrected chi connectivity index (χ1v) is 6.23. The minimum Gasteiger partial charge on any atom is -0.386 e. The number of hydrogen-bond acceptors (Lipinski definition) is 5. The Kier molecular flexibility index (Phi) is 3.56. The maximum atomic E-state index is 11.6. The molecule has 2 rings (SSSR count). The van der Waals surface area contributed by atoms with Crippen LogP contribution >= 0.6 is 11.3 Å². The second kappa shape index (κ2) is 4.95. The first-order chi connectivity index (χ1) is 8.09. The van der Waals surface area contributed by atoms with Crippen molar-refractivity contribution >= 4 is 23.2 Å². The molecule has 0 radical (unpaired) electrons. The van der Waals surface area contributed by atoms with E-state index >= 15 is 0 Å². The van der Waals surface area contributed by atoms with Crippen LogP contribution in [0, 0.1) is 0 Å². The van der Waals surface area contributed by atoms with E-state index in [-0.39, 0.29) is 24.8 Å². The molecular formula is C11H14N2O3S. The predicted octanol–water partition coefficient (Wildman–Crippen LogP) is 0.128. The van der Waals surface area contributed by atoms with Crippen LogP contribution < -0.4 is 5.32 Å². The first kappa shape index (κ1) is 12.2. The molecule has 2 heterocycles. The fourth-order valence-electron chi connectivity index (χ4n) is 1.75. The minimum absolute atomic E-state index is 0.173. The van der Waals surface area contributed by atoms with E-state index in [0.29, 0.717) is 0 Å². The molecule has 1 saturated heterocycles. The number of aliphatic hydroxyl groups is 1. The van der Waals surface area contributed by atoms with Gasteiger partial charge in [-0.05, 0) is 11.4 Å². The average Bonchev–Trinajstić information content (AvgIpc) is 2.91. The monoisotopic (exact) mass is 254 g/mol. The van der Waals surface area contributed by atoms with Gasteiger partial charge in [-0.2, -0.15) is 0 Å². The Balaban J connectivity index is 1.87. The maximum absolute atomic E-state index is 11.6. The number of thiophene rings is 1. The van der Waals surface area contributed by atoms with Gasteiger partial charge < -0.3 is 10.4 Å². The van der Waals surface area contributed by atoms with Gasteiger partial charge in [-0.3, -0.25) is 14.5 Å². The summed E-state index contributed by atoms with van der Waals surface area (Å²) >= 11 is 1.46. The number of hydrogen-bond donors (Lipinski definition) is 2. The van der Waals surface area contributed by atoms with Crippen LogP contribution in [0.3, 0.4) is 0 Å². The third-order valence-corrected chi connectivity index (χ3v) is 3.78. The highest BCUT2D eigenvalue weighted by molar-refractivity contribution is 7.10. The van der Waals surface area contributed by atoms with Gasteiger partial charge in [0.05, 0.1) is 12.5 Å². The fourth-order valence-corrected chi connectivity index (χ4v) is 2.46. The van der Waals surface area contributed by atoms with Crippen LogP contribution in [0.25, 0.3) is 0 Å². The molecule has 1 fully saturated rings. The summed E-state index contributed by atoms with van der Waals surface area (Å²) < 4.78 is 0. The number of imide groups is 1. The smallest absolute Gasteiger partial charge is 0.246 e. The molecule has 5 nitrogen and oxygen atoms in total. The molecule has 2 amide bonds. The van der Waals surface area contributed by atoms with Crippen molar-refractivity contribution in [1.82, 2.24) is 10.2 Å². The van der Waals surface area contributed by atoms with Gasteiger partial charge >= 0.3 is 0 Å². The third kappa shape index (κ3) is 2.54. The summed E-state index contributed by atoms with van der Waals surface area (Å²) in [5, 5.41) is 14.6. The first-order valence-electron chi connectivity index (χ1n) is 5.35. The Morgan fingerprint density at radius 1 is 1.65 bits per heavy atom. The summed E-state index contributed by atoms with van der Waals surface area (Å²) in [5.41, 5.74) is 0. The number of rotatable bonds is 4. The molecule has 6 heteroatoms. The zero-order valence-corrected chi connectivity index (χ0v) is 10.2. The van der Waals surface area contributed by atoms with Crippen molar-refractivity contribution in [2.24, 2.45) is 0 Å². The van der Waals surface area contributed by atoms with E-state index in [1.54, 1.807) is 0 Å². The average molecular weight is 254 g/mol. The van der Waals surface area contributed by atoms with Gasteiger partial charge in [-0.15, -0.1) is 11.3 Å². The molecule has 1 aromatic rings. The molecule has 2 unspecified atom stereocenters. The van der Waals surface area contributed by atoms with Crippen LogP contribution in [-0.2, 0) is 9.59 Å². The van der Waals surface area contributed by atoms with Crippen LogP contribution in [0.5, 0.6) is 0 Å². The van der Waals surface area contributed by atoms with E-state index < -0.39 is 12.1 Å². The molecule has 1 aromatic heterocycles.